The average molecular weight is 951 g/mol. The van der Waals surface area contributed by atoms with Gasteiger partial charge < -0.3 is 19.3 Å². The molecule has 0 aliphatic carbocycles. The molecule has 0 radical (unpaired) electrons. The lowest BCUT2D eigenvalue weighted by molar-refractivity contribution is -0.173. The molecule has 0 N–H and O–H groups in total. The molecule has 11 nitrogen and oxygen atoms in total. The van der Waals surface area contributed by atoms with E-state index in [4.69, 9.17) is 19.5 Å². The van der Waals surface area contributed by atoms with E-state index in [0.717, 1.165) is 27.8 Å². The third-order valence-electron chi connectivity index (χ3n) is 13.2. The van der Waals surface area contributed by atoms with Crippen LogP contribution in [0.2, 0.25) is 0 Å². The SMILES string of the molecule is CS(=O)(=O)CCN1Cc2ccc(-c3cccc(C[C@]45N=C(c6ccccc6)O[C@H]4c4ccccc4CN(CC(=O)C(F)(F)F)C5=O)c3)cc2[C@@H]2OC(c3ccccc3)=N[C@]2(Cc2ccccc2)C1=O. The van der Waals surface area contributed by atoms with Crippen molar-refractivity contribution in [2.45, 2.75) is 55.4 Å². The second-order valence-electron chi connectivity index (χ2n) is 18.0. The first-order chi connectivity index (χ1) is 33.1. The van der Waals surface area contributed by atoms with E-state index in [0.29, 0.717) is 38.9 Å². The first-order valence-corrected chi connectivity index (χ1v) is 24.5. The van der Waals surface area contributed by atoms with E-state index in [1.54, 1.807) is 53.4 Å². The molecule has 0 spiro atoms. The van der Waals surface area contributed by atoms with Crippen LogP contribution in [-0.2, 0) is 59.6 Å². The number of hydrogen-bond donors (Lipinski definition) is 0. The Balaban J connectivity index is 1.08. The highest BCUT2D eigenvalue weighted by Gasteiger charge is 2.59. The number of sulfone groups is 1. The fraction of sp³-hybridized carbons (Fsp3) is 0.241. The van der Waals surface area contributed by atoms with Crippen molar-refractivity contribution in [3.05, 3.63) is 202 Å². The van der Waals surface area contributed by atoms with E-state index in [9.17, 15) is 26.4 Å². The van der Waals surface area contributed by atoms with Crippen molar-refractivity contribution in [1.29, 1.82) is 0 Å². The zero-order valence-electron chi connectivity index (χ0n) is 37.3. The molecule has 0 unspecified atom stereocenters. The fourth-order valence-corrected chi connectivity index (χ4v) is 10.4. The largest absolute Gasteiger partial charge is 0.466 e. The van der Waals surface area contributed by atoms with E-state index >= 15 is 9.59 Å². The van der Waals surface area contributed by atoms with Crippen molar-refractivity contribution in [3.63, 3.8) is 0 Å². The minimum absolute atomic E-state index is 0.0632. The van der Waals surface area contributed by atoms with Gasteiger partial charge in [-0.3, -0.25) is 14.4 Å². The second kappa shape index (κ2) is 17.6. The highest BCUT2D eigenvalue weighted by atomic mass is 32.2. The maximum atomic E-state index is 15.2. The van der Waals surface area contributed by atoms with Crippen LogP contribution in [0, 0.1) is 0 Å². The van der Waals surface area contributed by atoms with Gasteiger partial charge in [0.1, 0.15) is 9.84 Å². The predicted molar refractivity (Wildman–Crippen MR) is 253 cm³/mol. The molecule has 0 aromatic heterocycles. The highest BCUT2D eigenvalue weighted by Crippen LogP contribution is 2.49. The van der Waals surface area contributed by atoms with Crippen LogP contribution in [-0.4, -0.2) is 90.0 Å². The molecule has 4 atom stereocenters. The first kappa shape index (κ1) is 45.4. The third-order valence-corrected chi connectivity index (χ3v) is 14.1. The number of aliphatic imine (C=N–C) groups is 2. The lowest BCUT2D eigenvalue weighted by atomic mass is 9.80. The molecule has 10 rings (SSSR count). The van der Waals surface area contributed by atoms with Gasteiger partial charge in [-0.05, 0) is 63.7 Å². The fourth-order valence-electron chi connectivity index (χ4n) is 9.88. The van der Waals surface area contributed by atoms with Gasteiger partial charge in [0, 0.05) is 61.0 Å². The van der Waals surface area contributed by atoms with Gasteiger partial charge in [0.05, 0.1) is 12.3 Å². The summed E-state index contributed by atoms with van der Waals surface area (Å²) in [5.41, 5.74) is 3.26. The Kier molecular flexibility index (Phi) is 11.6. The molecule has 0 bridgehead atoms. The summed E-state index contributed by atoms with van der Waals surface area (Å²) in [6.07, 6.45) is -5.98. The van der Waals surface area contributed by atoms with Crippen LogP contribution in [0.5, 0.6) is 0 Å². The summed E-state index contributed by atoms with van der Waals surface area (Å²) in [6, 6.07) is 47.8. The van der Waals surface area contributed by atoms with Crippen molar-refractivity contribution in [2.24, 2.45) is 9.98 Å². The van der Waals surface area contributed by atoms with Crippen molar-refractivity contribution < 1.29 is 45.4 Å². The van der Waals surface area contributed by atoms with E-state index in [1.807, 2.05) is 109 Å². The summed E-state index contributed by atoms with van der Waals surface area (Å²) in [7, 11) is -3.47. The Morgan fingerprint density at radius 1 is 0.609 bits per heavy atom. The van der Waals surface area contributed by atoms with Crippen LogP contribution < -0.4 is 0 Å². The van der Waals surface area contributed by atoms with Gasteiger partial charge in [0.15, 0.2) is 23.3 Å². The molecule has 69 heavy (non-hydrogen) atoms. The number of amides is 2. The Hall–Kier alpha value is -7.39. The van der Waals surface area contributed by atoms with Crippen molar-refractivity contribution >= 4 is 39.2 Å². The zero-order valence-corrected chi connectivity index (χ0v) is 38.1. The summed E-state index contributed by atoms with van der Waals surface area (Å²) in [5, 5.41) is 0. The standard InChI is InChI=1S/C54H45F3N4O7S/c1-69(65,66)27-26-60-32-42-25-24-40(29-44(42)47-52(50(60)63,30-35-14-5-2-6-15-35)58-49(68-47)38-19-9-4-10-20-38)39-22-13-16-36(28-39)31-53-46(67-48(59-53)37-17-7-3-8-18-37)43-23-12-11-21-41(43)33-61(51(53)64)34-45(62)54(55,56)57/h2-25,28-29,46-47H,26-27,30-34H2,1H3/t46-,47-,52-,53-/m0/s1. The smallest absolute Gasteiger partial charge is 0.451 e. The number of carbonyl (C=O) groups is 3. The minimum atomic E-state index is -5.17. The quantitative estimate of drug-likeness (QED) is 0.121. The maximum Gasteiger partial charge on any atom is 0.451 e. The number of fused-ring (bicyclic) bond motifs is 6. The predicted octanol–water partition coefficient (Wildman–Crippen LogP) is 8.21. The monoisotopic (exact) mass is 950 g/mol. The number of halogens is 3. The number of nitrogens with zero attached hydrogens (tertiary/aromatic N) is 4. The topological polar surface area (TPSA) is 135 Å². The molecule has 350 valence electrons. The molecule has 6 aromatic rings. The van der Waals surface area contributed by atoms with Crippen LogP contribution in [0.15, 0.2) is 168 Å². The lowest BCUT2D eigenvalue weighted by Crippen LogP contribution is -2.52. The van der Waals surface area contributed by atoms with Crippen molar-refractivity contribution in [1.82, 2.24) is 9.80 Å². The number of carbonyl (C=O) groups excluding carboxylic acids is 3. The molecule has 2 amide bonds. The molecular weight excluding hydrogens is 906 g/mol. The van der Waals surface area contributed by atoms with Crippen LogP contribution in [0.1, 0.15) is 56.7 Å². The summed E-state index contributed by atoms with van der Waals surface area (Å²) in [5.74, 6) is -3.04. The van der Waals surface area contributed by atoms with Gasteiger partial charge in [-0.15, -0.1) is 0 Å². The first-order valence-electron chi connectivity index (χ1n) is 22.4. The van der Waals surface area contributed by atoms with Crippen LogP contribution in [0.3, 0.4) is 0 Å². The minimum Gasteiger partial charge on any atom is -0.466 e. The van der Waals surface area contributed by atoms with Gasteiger partial charge >= 0.3 is 6.18 Å². The molecule has 15 heteroatoms. The van der Waals surface area contributed by atoms with Gasteiger partial charge in [-0.2, -0.15) is 13.2 Å². The van der Waals surface area contributed by atoms with Gasteiger partial charge in [0.25, 0.3) is 17.6 Å². The average Bonchev–Trinajstić information content (AvgIpc) is 3.88. The molecule has 4 heterocycles. The molecule has 0 saturated heterocycles. The van der Waals surface area contributed by atoms with E-state index in [1.165, 1.54) is 0 Å². The second-order valence-corrected chi connectivity index (χ2v) is 20.3. The third kappa shape index (κ3) is 8.71. The number of ether oxygens (including phenoxy) is 2. The van der Waals surface area contributed by atoms with Crippen LogP contribution in [0.4, 0.5) is 13.2 Å². The maximum absolute atomic E-state index is 15.2. The molecule has 4 aliphatic rings. The molecule has 0 saturated carbocycles. The van der Waals surface area contributed by atoms with Crippen molar-refractivity contribution in [3.8, 4) is 11.1 Å². The molecule has 0 fully saturated rings. The van der Waals surface area contributed by atoms with Crippen LogP contribution >= 0.6 is 0 Å². The van der Waals surface area contributed by atoms with E-state index in [-0.39, 0.29) is 55.9 Å². The Labute approximate surface area is 396 Å². The lowest BCUT2D eigenvalue weighted by Gasteiger charge is -2.32. The van der Waals surface area contributed by atoms with E-state index < -0.39 is 57.5 Å². The number of alkyl halides is 3. The molecular formula is C54H45F3N4O7S. The Morgan fingerprint density at radius 2 is 1.10 bits per heavy atom. The highest BCUT2D eigenvalue weighted by molar-refractivity contribution is 7.90. The summed E-state index contributed by atoms with van der Waals surface area (Å²) < 4.78 is 80.1. The van der Waals surface area contributed by atoms with E-state index in [2.05, 4.69) is 0 Å². The Bertz CT molecular complexity index is 3170. The normalized spacial score (nSPS) is 21.9. The number of hydrogen-bond acceptors (Lipinski definition) is 9. The van der Waals surface area contributed by atoms with Gasteiger partial charge in [-0.1, -0.05) is 127 Å². The summed E-state index contributed by atoms with van der Waals surface area (Å²) >= 11 is 0. The van der Waals surface area contributed by atoms with Crippen LogP contribution in [0.25, 0.3) is 11.1 Å². The van der Waals surface area contributed by atoms with Gasteiger partial charge in [0.2, 0.25) is 11.8 Å². The van der Waals surface area contributed by atoms with Gasteiger partial charge in [-0.25, -0.2) is 18.4 Å². The molecule has 4 aliphatic heterocycles. The zero-order chi connectivity index (χ0) is 48.1. The Morgan fingerprint density at radius 3 is 1.72 bits per heavy atom. The van der Waals surface area contributed by atoms with Crippen molar-refractivity contribution in [2.75, 3.05) is 25.1 Å². The molecule has 6 aromatic carbocycles. The number of Topliss-reactive ketones (excluding diaryl/α,β-unsaturated/α-hetero) is 1. The number of rotatable bonds is 12. The summed E-state index contributed by atoms with van der Waals surface area (Å²) in [6.45, 7) is -1.43. The summed E-state index contributed by atoms with van der Waals surface area (Å²) in [4.78, 5) is 55.5. The number of benzene rings is 6. The number of ketones is 1.